The minimum absolute atomic E-state index is 0.369. The monoisotopic (exact) mass is 153 g/mol. The van der Waals surface area contributed by atoms with Crippen molar-refractivity contribution in [3.8, 4) is 0 Å². The lowest BCUT2D eigenvalue weighted by atomic mass is 10.2. The van der Waals surface area contributed by atoms with Crippen molar-refractivity contribution < 1.29 is 5.11 Å². The lowest BCUT2D eigenvalue weighted by Crippen LogP contribution is -2.11. The minimum Gasteiger partial charge on any atom is -0.390 e. The summed E-state index contributed by atoms with van der Waals surface area (Å²) in [4.78, 5) is 3.81. The molecule has 0 radical (unpaired) electrons. The molecule has 1 fully saturated rings. The van der Waals surface area contributed by atoms with Gasteiger partial charge < -0.3 is 5.11 Å². The fraction of sp³-hybridized carbons (Fsp3) is 0.714. The predicted octanol–water partition coefficient (Wildman–Crippen LogP) is 0.193. The molecule has 4 heteroatoms. The quantitative estimate of drug-likeness (QED) is 0.674. The Morgan fingerprint density at radius 1 is 1.55 bits per heavy atom. The Morgan fingerprint density at radius 2 is 2.36 bits per heavy atom. The molecule has 0 atom stereocenters. The summed E-state index contributed by atoms with van der Waals surface area (Å²) in [6.07, 6.45) is 5.88. The van der Waals surface area contributed by atoms with E-state index in [0.29, 0.717) is 0 Å². The van der Waals surface area contributed by atoms with Gasteiger partial charge >= 0.3 is 0 Å². The van der Waals surface area contributed by atoms with Gasteiger partial charge in [0.1, 0.15) is 12.7 Å². The summed E-state index contributed by atoms with van der Waals surface area (Å²) in [6.45, 7) is 0.774. The molecule has 1 heterocycles. The fourth-order valence-electron chi connectivity index (χ4n) is 1.07. The fourth-order valence-corrected chi connectivity index (χ4v) is 1.07. The molecule has 60 valence electrons. The molecule has 0 aromatic carbocycles. The van der Waals surface area contributed by atoms with Crippen LogP contribution in [-0.2, 0) is 6.54 Å². The highest BCUT2D eigenvalue weighted by molar-refractivity contribution is 4.92. The summed E-state index contributed by atoms with van der Waals surface area (Å²) in [5, 5.41) is 13.4. The zero-order valence-corrected chi connectivity index (χ0v) is 6.27. The van der Waals surface area contributed by atoms with Crippen molar-refractivity contribution in [2.24, 2.45) is 0 Å². The van der Waals surface area contributed by atoms with Crippen LogP contribution in [-0.4, -0.2) is 25.5 Å². The zero-order valence-electron chi connectivity index (χ0n) is 6.27. The number of aliphatic hydroxyl groups is 1. The van der Waals surface area contributed by atoms with Crippen LogP contribution < -0.4 is 0 Å². The van der Waals surface area contributed by atoms with E-state index in [-0.39, 0.29) is 5.60 Å². The molecule has 1 saturated carbocycles. The van der Waals surface area contributed by atoms with Gasteiger partial charge in [0, 0.05) is 6.54 Å². The summed E-state index contributed by atoms with van der Waals surface area (Å²) in [5.74, 6) is 0. The topological polar surface area (TPSA) is 50.9 Å². The van der Waals surface area contributed by atoms with Crippen LogP contribution in [0.2, 0.25) is 0 Å². The second kappa shape index (κ2) is 2.30. The molecule has 0 spiro atoms. The summed E-state index contributed by atoms with van der Waals surface area (Å²) in [5.41, 5.74) is -0.369. The molecule has 1 N–H and O–H groups in total. The van der Waals surface area contributed by atoms with E-state index >= 15 is 0 Å². The standard InChI is InChI=1S/C7H11N3O/c11-7(1-2-7)3-4-10-6-8-5-9-10/h5-6,11H,1-4H2. The Hall–Kier alpha value is -0.900. The van der Waals surface area contributed by atoms with E-state index in [1.165, 1.54) is 6.33 Å². The summed E-state index contributed by atoms with van der Waals surface area (Å²) >= 11 is 0. The molecule has 2 rings (SSSR count). The molecule has 4 nitrogen and oxygen atoms in total. The van der Waals surface area contributed by atoms with E-state index in [9.17, 15) is 5.11 Å². The van der Waals surface area contributed by atoms with Crippen molar-refractivity contribution in [3.05, 3.63) is 12.7 Å². The van der Waals surface area contributed by atoms with Crippen molar-refractivity contribution >= 4 is 0 Å². The maximum atomic E-state index is 9.47. The smallest absolute Gasteiger partial charge is 0.137 e. The van der Waals surface area contributed by atoms with Gasteiger partial charge in [0.25, 0.3) is 0 Å². The lowest BCUT2D eigenvalue weighted by molar-refractivity contribution is 0.132. The van der Waals surface area contributed by atoms with Gasteiger partial charge in [-0.3, -0.25) is 4.68 Å². The van der Waals surface area contributed by atoms with Crippen LogP contribution in [0.15, 0.2) is 12.7 Å². The maximum Gasteiger partial charge on any atom is 0.137 e. The Kier molecular flexibility index (Phi) is 1.42. The third kappa shape index (κ3) is 1.57. The average molecular weight is 153 g/mol. The molecule has 1 aliphatic rings. The molecule has 0 aliphatic heterocycles. The molecular formula is C7H11N3O. The summed E-state index contributed by atoms with van der Waals surface area (Å²) < 4.78 is 1.75. The van der Waals surface area contributed by atoms with Crippen LogP contribution in [0.3, 0.4) is 0 Å². The van der Waals surface area contributed by atoms with Crippen LogP contribution in [0.5, 0.6) is 0 Å². The largest absolute Gasteiger partial charge is 0.390 e. The Balaban J connectivity index is 1.83. The van der Waals surface area contributed by atoms with Gasteiger partial charge in [0.05, 0.1) is 5.60 Å². The highest BCUT2D eigenvalue weighted by atomic mass is 16.3. The molecule has 0 amide bonds. The van der Waals surface area contributed by atoms with Crippen LogP contribution in [0.4, 0.5) is 0 Å². The zero-order chi connectivity index (χ0) is 7.73. The van der Waals surface area contributed by atoms with Gasteiger partial charge in [-0.2, -0.15) is 5.10 Å². The number of aromatic nitrogens is 3. The Bertz CT molecular complexity index is 228. The molecule has 1 aliphatic carbocycles. The van der Waals surface area contributed by atoms with Crippen molar-refractivity contribution in [2.75, 3.05) is 0 Å². The molecule has 11 heavy (non-hydrogen) atoms. The highest BCUT2D eigenvalue weighted by Gasteiger charge is 2.39. The maximum absolute atomic E-state index is 9.47. The first-order valence-corrected chi connectivity index (χ1v) is 3.83. The lowest BCUT2D eigenvalue weighted by Gasteiger charge is -2.05. The summed E-state index contributed by atoms with van der Waals surface area (Å²) in [7, 11) is 0. The molecule has 0 bridgehead atoms. The molecular weight excluding hydrogens is 142 g/mol. The van der Waals surface area contributed by atoms with Gasteiger partial charge in [-0.1, -0.05) is 0 Å². The Morgan fingerprint density at radius 3 is 2.91 bits per heavy atom. The van der Waals surface area contributed by atoms with Gasteiger partial charge in [0.2, 0.25) is 0 Å². The van der Waals surface area contributed by atoms with Crippen molar-refractivity contribution in [1.82, 2.24) is 14.8 Å². The van der Waals surface area contributed by atoms with E-state index in [4.69, 9.17) is 0 Å². The van der Waals surface area contributed by atoms with Crippen LogP contribution in [0, 0.1) is 0 Å². The first-order chi connectivity index (χ1) is 5.29. The number of rotatable bonds is 3. The number of nitrogens with zero attached hydrogens (tertiary/aromatic N) is 3. The first-order valence-electron chi connectivity index (χ1n) is 3.83. The number of hydrogen-bond acceptors (Lipinski definition) is 3. The average Bonchev–Trinajstić information content (AvgIpc) is 2.53. The van der Waals surface area contributed by atoms with Crippen molar-refractivity contribution in [2.45, 2.75) is 31.4 Å². The van der Waals surface area contributed by atoms with Crippen molar-refractivity contribution in [3.63, 3.8) is 0 Å². The molecule has 0 saturated heterocycles. The van der Waals surface area contributed by atoms with Gasteiger partial charge in [-0.25, -0.2) is 4.98 Å². The van der Waals surface area contributed by atoms with E-state index in [0.717, 1.165) is 25.8 Å². The third-order valence-electron chi connectivity index (χ3n) is 2.10. The first kappa shape index (κ1) is 6.79. The van der Waals surface area contributed by atoms with E-state index < -0.39 is 0 Å². The second-order valence-corrected chi connectivity index (χ2v) is 3.13. The number of aryl methyl sites for hydroxylation is 1. The normalized spacial score (nSPS) is 20.1. The van der Waals surface area contributed by atoms with Gasteiger partial charge in [0.15, 0.2) is 0 Å². The SMILES string of the molecule is OC1(CCn2cncn2)CC1. The summed E-state index contributed by atoms with van der Waals surface area (Å²) in [6, 6.07) is 0. The van der Waals surface area contributed by atoms with Crippen LogP contribution >= 0.6 is 0 Å². The minimum atomic E-state index is -0.369. The highest BCUT2D eigenvalue weighted by Crippen LogP contribution is 2.38. The van der Waals surface area contributed by atoms with E-state index in [2.05, 4.69) is 10.1 Å². The molecule has 0 unspecified atom stereocenters. The predicted molar refractivity (Wildman–Crippen MR) is 38.8 cm³/mol. The second-order valence-electron chi connectivity index (χ2n) is 3.13. The van der Waals surface area contributed by atoms with Gasteiger partial charge in [-0.05, 0) is 19.3 Å². The van der Waals surface area contributed by atoms with E-state index in [1.807, 2.05) is 0 Å². The third-order valence-corrected chi connectivity index (χ3v) is 2.10. The van der Waals surface area contributed by atoms with Crippen LogP contribution in [0.25, 0.3) is 0 Å². The van der Waals surface area contributed by atoms with Gasteiger partial charge in [-0.15, -0.1) is 0 Å². The van der Waals surface area contributed by atoms with E-state index in [1.54, 1.807) is 11.0 Å². The Labute approximate surface area is 64.9 Å². The molecule has 1 aromatic rings. The van der Waals surface area contributed by atoms with Crippen molar-refractivity contribution in [1.29, 1.82) is 0 Å². The number of hydrogen-bond donors (Lipinski definition) is 1. The van der Waals surface area contributed by atoms with Crippen LogP contribution in [0.1, 0.15) is 19.3 Å². The molecule has 1 aromatic heterocycles.